The SMILES string of the molecule is Cl.[AlH3].c1ccc(Sc2cccc3c2-c2nc-3nc3[nH]c(nc4nc(nc5[nH]c(n2)c2cccc(Sc6ccccc6)c52)-c2cccc(Sc5ccccc5)c2-4)c2cccc(Sc4ccccc4)c32)cc1. The van der Waals surface area contributed by atoms with E-state index in [1.54, 1.807) is 47.0 Å². The second-order valence-corrected chi connectivity index (χ2v) is 20.4. The summed E-state index contributed by atoms with van der Waals surface area (Å²) in [5.74, 6) is 2.22. The van der Waals surface area contributed by atoms with Crippen molar-refractivity contribution in [3.8, 4) is 45.6 Å². The van der Waals surface area contributed by atoms with Crippen LogP contribution >= 0.6 is 59.5 Å². The zero-order valence-electron chi connectivity index (χ0n) is 36.2. The van der Waals surface area contributed by atoms with Gasteiger partial charge in [0, 0.05) is 83.0 Å². The second kappa shape index (κ2) is 19.6. The van der Waals surface area contributed by atoms with E-state index < -0.39 is 0 Å². The first-order chi connectivity index (χ1) is 33.7. The van der Waals surface area contributed by atoms with Crippen molar-refractivity contribution in [2.45, 2.75) is 39.2 Å². The second-order valence-electron chi connectivity index (χ2n) is 16.0. The molecule has 2 N–H and O–H groups in total. The van der Waals surface area contributed by atoms with Crippen LogP contribution in [0.15, 0.2) is 233 Å². The average Bonchev–Trinajstić information content (AvgIpc) is 4.12. The molecule has 11 aromatic rings. The van der Waals surface area contributed by atoms with Crippen molar-refractivity contribution < 1.29 is 0 Å². The topological polar surface area (TPSA) is 109 Å². The number of nitrogens with one attached hydrogen (secondary N) is 2. The predicted octanol–water partition coefficient (Wildman–Crippen LogP) is 14.7. The van der Waals surface area contributed by atoms with Gasteiger partial charge in [0.15, 0.2) is 40.7 Å². The summed E-state index contributed by atoms with van der Waals surface area (Å²) in [6.45, 7) is 0. The van der Waals surface area contributed by atoms with E-state index in [4.69, 9.17) is 29.9 Å². The molecule has 0 fully saturated rings. The standard InChI is InChI=1S/C56H34N8S4.Al.ClH.3H/c1-5-17-33(18-6-1)65-41-29-13-25-37-45(41)53-57-49(37)62-54-47-39(27-15-31-43(47)67-35-21-9-3-10-22-35)51(59-54)64-56-48-40(28-16-32-44(48)68-36-23-11-4-12-24-36)52(60-56)63-55-46-38(50(58-55)61-53)26-14-30-42(46)66-34-19-7-2-8-20-34;;;;;/h1-32H,(H2,57,58,59,60,61,62,63,64);;1H;;;. The van der Waals surface area contributed by atoms with Crippen LogP contribution in [0.5, 0.6) is 0 Å². The van der Waals surface area contributed by atoms with Crippen LogP contribution in [0.2, 0.25) is 0 Å². The third-order valence-electron chi connectivity index (χ3n) is 11.7. The minimum atomic E-state index is 0. The monoisotopic (exact) mass is 1010 g/mol. The summed E-state index contributed by atoms with van der Waals surface area (Å²) in [6, 6.07) is 66.9. The van der Waals surface area contributed by atoms with Crippen LogP contribution in [0.1, 0.15) is 0 Å². The lowest BCUT2D eigenvalue weighted by Crippen LogP contribution is -1.86. The van der Waals surface area contributed by atoms with Gasteiger partial charge in [0.2, 0.25) is 0 Å². The molecule has 2 aliphatic heterocycles. The third kappa shape index (κ3) is 8.58. The number of aromatic nitrogens is 8. The summed E-state index contributed by atoms with van der Waals surface area (Å²) >= 11 is 6.76. The van der Waals surface area contributed by atoms with Crippen molar-refractivity contribution >= 4 is 121 Å². The molecule has 0 atom stereocenters. The molecular weight excluding hydrogens is 975 g/mol. The van der Waals surface area contributed by atoms with Crippen LogP contribution in [-0.2, 0) is 0 Å². The molecule has 0 amide bonds. The Hall–Kier alpha value is -6.66. The van der Waals surface area contributed by atoms with Crippen molar-refractivity contribution in [2.24, 2.45) is 0 Å². The van der Waals surface area contributed by atoms with Gasteiger partial charge in [0.1, 0.15) is 22.6 Å². The maximum atomic E-state index is 5.47. The number of aromatic amines is 2. The van der Waals surface area contributed by atoms with Crippen molar-refractivity contribution in [1.29, 1.82) is 0 Å². The van der Waals surface area contributed by atoms with Gasteiger partial charge in [-0.2, -0.15) is 0 Å². The Morgan fingerprint density at radius 3 is 0.971 bits per heavy atom. The Labute approximate surface area is 436 Å². The van der Waals surface area contributed by atoms with Crippen LogP contribution in [0.25, 0.3) is 89.7 Å². The number of halogens is 1. The number of fused-ring (bicyclic) bond motifs is 20. The van der Waals surface area contributed by atoms with Gasteiger partial charge in [-0.3, -0.25) is 0 Å². The highest BCUT2D eigenvalue weighted by Gasteiger charge is 2.27. The number of hydrogen-bond acceptors (Lipinski definition) is 10. The first-order valence-corrected chi connectivity index (χ1v) is 25.2. The fourth-order valence-electron chi connectivity index (χ4n) is 8.66. The molecule has 8 bridgehead atoms. The molecule has 70 heavy (non-hydrogen) atoms. The maximum Gasteiger partial charge on any atom is 0.187 e. The highest BCUT2D eigenvalue weighted by Crippen LogP contribution is 2.47. The predicted molar refractivity (Wildman–Crippen MR) is 296 cm³/mol. The molecule has 14 heteroatoms. The Morgan fingerprint density at radius 2 is 0.600 bits per heavy atom. The highest BCUT2D eigenvalue weighted by atomic mass is 35.5. The van der Waals surface area contributed by atoms with E-state index in [1.807, 2.05) is 24.3 Å². The summed E-state index contributed by atoms with van der Waals surface area (Å²) in [7, 11) is 0. The number of benzene rings is 8. The highest BCUT2D eigenvalue weighted by molar-refractivity contribution is 8.00. The summed E-state index contributed by atoms with van der Waals surface area (Å²) in [6.07, 6.45) is 0. The largest absolute Gasteiger partial charge is 0.324 e. The van der Waals surface area contributed by atoms with E-state index in [-0.39, 0.29) is 29.8 Å². The van der Waals surface area contributed by atoms with Crippen molar-refractivity contribution in [1.82, 2.24) is 39.9 Å². The molecule has 0 radical (unpaired) electrons. The van der Waals surface area contributed by atoms with Gasteiger partial charge >= 0.3 is 0 Å². The quantitative estimate of drug-likeness (QED) is 0.143. The molecular formula is C56H38AlClN8S4. The molecule has 8 nitrogen and oxygen atoms in total. The molecule has 0 saturated heterocycles. The molecule has 2 aliphatic rings. The molecule has 0 unspecified atom stereocenters. The lowest BCUT2D eigenvalue weighted by atomic mass is 10.1. The van der Waals surface area contributed by atoms with Crippen LogP contribution in [0, 0.1) is 0 Å². The number of nitrogens with zero attached hydrogens (tertiary/aromatic N) is 6. The van der Waals surface area contributed by atoms with E-state index in [0.29, 0.717) is 45.9 Å². The van der Waals surface area contributed by atoms with Gasteiger partial charge in [-0.25, -0.2) is 29.9 Å². The first-order valence-electron chi connectivity index (χ1n) is 21.9. The lowest BCUT2D eigenvalue weighted by molar-refractivity contribution is 1.19. The average molecular weight is 1010 g/mol. The molecule has 0 aliphatic carbocycles. The Bertz CT molecular complexity index is 3680. The van der Waals surface area contributed by atoms with Gasteiger partial charge in [0.05, 0.1) is 0 Å². The number of hydrogen-bond donors (Lipinski definition) is 2. The number of H-pyrrole nitrogens is 2. The zero-order valence-corrected chi connectivity index (χ0v) is 40.3. The molecule has 0 saturated carbocycles. The van der Waals surface area contributed by atoms with Gasteiger partial charge in [-0.05, 0) is 72.8 Å². The van der Waals surface area contributed by atoms with E-state index in [2.05, 4.69) is 180 Å². The van der Waals surface area contributed by atoms with E-state index in [9.17, 15) is 0 Å². The summed E-state index contributed by atoms with van der Waals surface area (Å²) in [5.41, 5.74) is 6.18. The molecule has 13 rings (SSSR count). The molecule has 3 aromatic heterocycles. The Morgan fingerprint density at radius 1 is 0.286 bits per heavy atom. The minimum Gasteiger partial charge on any atom is -0.324 e. The molecule has 336 valence electrons. The normalized spacial score (nSPS) is 11.4. The Balaban J connectivity index is 0.00000267. The Kier molecular flexibility index (Phi) is 12.8. The van der Waals surface area contributed by atoms with Crippen molar-refractivity contribution in [2.75, 3.05) is 0 Å². The smallest absolute Gasteiger partial charge is 0.187 e. The van der Waals surface area contributed by atoms with E-state index in [0.717, 1.165) is 83.0 Å². The third-order valence-corrected chi connectivity index (χ3v) is 15.9. The van der Waals surface area contributed by atoms with E-state index in [1.165, 1.54) is 0 Å². The summed E-state index contributed by atoms with van der Waals surface area (Å²) < 4.78 is 0. The number of rotatable bonds is 8. The molecule has 0 spiro atoms. The molecule has 8 aromatic carbocycles. The minimum absolute atomic E-state index is 0. The summed E-state index contributed by atoms with van der Waals surface area (Å²) in [4.78, 5) is 48.5. The molecule has 5 heterocycles. The lowest BCUT2D eigenvalue weighted by Gasteiger charge is -2.07. The van der Waals surface area contributed by atoms with Crippen LogP contribution in [-0.4, -0.2) is 57.2 Å². The van der Waals surface area contributed by atoms with Crippen LogP contribution in [0.4, 0.5) is 0 Å². The zero-order chi connectivity index (χ0) is 45.0. The van der Waals surface area contributed by atoms with Crippen LogP contribution < -0.4 is 0 Å². The van der Waals surface area contributed by atoms with Gasteiger partial charge in [-0.15, -0.1) is 12.4 Å². The summed E-state index contributed by atoms with van der Waals surface area (Å²) in [5, 5.41) is 3.72. The fourth-order valence-corrected chi connectivity index (χ4v) is 12.7. The van der Waals surface area contributed by atoms with Gasteiger partial charge in [-0.1, -0.05) is 168 Å². The fraction of sp³-hybridized carbons (Fsp3) is 0. The van der Waals surface area contributed by atoms with Gasteiger partial charge in [0.25, 0.3) is 0 Å². The van der Waals surface area contributed by atoms with E-state index >= 15 is 0 Å². The van der Waals surface area contributed by atoms with Crippen molar-refractivity contribution in [3.63, 3.8) is 0 Å². The first kappa shape index (κ1) is 45.8. The van der Waals surface area contributed by atoms with Gasteiger partial charge < -0.3 is 9.97 Å². The maximum absolute atomic E-state index is 5.47. The van der Waals surface area contributed by atoms with Crippen LogP contribution in [0.3, 0.4) is 0 Å². The van der Waals surface area contributed by atoms with Crippen molar-refractivity contribution in [3.05, 3.63) is 194 Å².